The average molecular weight is 383 g/mol. The third kappa shape index (κ3) is 3.93. The Bertz CT molecular complexity index is 1050. The summed E-state index contributed by atoms with van der Waals surface area (Å²) in [4.78, 5) is 30.5. The molecule has 1 aliphatic rings. The van der Waals surface area contributed by atoms with Crippen molar-refractivity contribution in [3.8, 4) is 11.4 Å². The maximum absolute atomic E-state index is 12.2. The van der Waals surface area contributed by atoms with Gasteiger partial charge in [0.05, 0.1) is 0 Å². The van der Waals surface area contributed by atoms with Gasteiger partial charge in [0.25, 0.3) is 5.56 Å². The minimum absolute atomic E-state index is 0.0425. The van der Waals surface area contributed by atoms with Gasteiger partial charge >= 0.3 is 5.69 Å². The summed E-state index contributed by atoms with van der Waals surface area (Å²) >= 11 is 0. The number of sulfonamides is 1. The molecule has 1 saturated carbocycles. The Morgan fingerprint density at radius 1 is 1.31 bits per heavy atom. The molecule has 1 fully saturated rings. The molecule has 11 heteroatoms. The van der Waals surface area contributed by atoms with Crippen LogP contribution in [0.1, 0.15) is 51.2 Å². The summed E-state index contributed by atoms with van der Waals surface area (Å²) in [5, 5.41) is 3.73. The summed E-state index contributed by atoms with van der Waals surface area (Å²) < 4.78 is 33.3. The number of rotatable bonds is 5. The highest BCUT2D eigenvalue weighted by Crippen LogP contribution is 2.35. The summed E-state index contributed by atoms with van der Waals surface area (Å²) in [6.45, 7) is 6.79. The molecule has 0 unspecified atom stereocenters. The van der Waals surface area contributed by atoms with Gasteiger partial charge < -0.3 is 4.52 Å². The number of H-pyrrole nitrogens is 1. The van der Waals surface area contributed by atoms with Crippen LogP contribution in [-0.2, 0) is 15.8 Å². The van der Waals surface area contributed by atoms with Crippen molar-refractivity contribution in [2.45, 2.75) is 57.9 Å². The molecule has 1 aliphatic carbocycles. The van der Waals surface area contributed by atoms with Gasteiger partial charge in [-0.2, -0.15) is 4.98 Å². The van der Waals surface area contributed by atoms with Crippen LogP contribution in [0.3, 0.4) is 0 Å². The van der Waals surface area contributed by atoms with Crippen molar-refractivity contribution in [3.05, 3.63) is 32.4 Å². The Balaban J connectivity index is 1.95. The van der Waals surface area contributed by atoms with Crippen LogP contribution in [0.5, 0.6) is 0 Å². The van der Waals surface area contributed by atoms with Crippen LogP contribution in [-0.4, -0.2) is 33.6 Å². The summed E-state index contributed by atoms with van der Waals surface area (Å²) in [6.07, 6.45) is 1.72. The molecule has 0 aliphatic heterocycles. The van der Waals surface area contributed by atoms with Crippen LogP contribution in [0.2, 0.25) is 0 Å². The van der Waals surface area contributed by atoms with Crippen molar-refractivity contribution in [1.82, 2.24) is 24.4 Å². The fourth-order valence-corrected chi connectivity index (χ4v) is 4.22. The van der Waals surface area contributed by atoms with E-state index < -0.39 is 32.6 Å². The van der Waals surface area contributed by atoms with Crippen LogP contribution in [0.4, 0.5) is 0 Å². The largest absolute Gasteiger partial charge is 0.338 e. The lowest BCUT2D eigenvalue weighted by atomic mass is 10.1. The van der Waals surface area contributed by atoms with E-state index in [4.69, 9.17) is 4.52 Å². The number of hydrogen-bond acceptors (Lipinski definition) is 7. The molecule has 2 N–H and O–H groups in total. The second-order valence-electron chi connectivity index (χ2n) is 7.44. The first-order valence-corrected chi connectivity index (χ1v) is 9.82. The first-order valence-electron chi connectivity index (χ1n) is 8.17. The van der Waals surface area contributed by atoms with Crippen LogP contribution in [0, 0.1) is 6.92 Å². The smallest absolute Gasteiger partial charge is 0.328 e. The zero-order valence-electron chi connectivity index (χ0n) is 15.0. The summed E-state index contributed by atoms with van der Waals surface area (Å²) in [7, 11) is -3.69. The fraction of sp³-hybridized carbons (Fsp3) is 0.600. The van der Waals surface area contributed by atoms with Gasteiger partial charge in [0.15, 0.2) is 0 Å². The van der Waals surface area contributed by atoms with E-state index in [9.17, 15) is 18.0 Å². The Morgan fingerprint density at radius 3 is 2.54 bits per heavy atom. The number of hydrogen-bond donors (Lipinski definition) is 2. The van der Waals surface area contributed by atoms with Crippen molar-refractivity contribution in [2.24, 2.45) is 0 Å². The first kappa shape index (κ1) is 18.5. The Kier molecular flexibility index (Phi) is 4.39. The van der Waals surface area contributed by atoms with E-state index in [2.05, 4.69) is 19.8 Å². The number of nitrogens with one attached hydrogen (secondary N) is 2. The zero-order chi connectivity index (χ0) is 19.3. The van der Waals surface area contributed by atoms with E-state index in [1.807, 2.05) is 0 Å². The lowest BCUT2D eigenvalue weighted by Gasteiger charge is -2.19. The Hall–Kier alpha value is -2.27. The van der Waals surface area contributed by atoms with Crippen LogP contribution < -0.4 is 16.0 Å². The molecule has 10 nitrogen and oxygen atoms in total. The second kappa shape index (κ2) is 6.16. The zero-order valence-corrected chi connectivity index (χ0v) is 15.8. The molecule has 2 heterocycles. The third-order valence-corrected chi connectivity index (χ3v) is 5.32. The Labute approximate surface area is 149 Å². The number of nitrogens with zero attached hydrogens (tertiary/aromatic N) is 3. The summed E-state index contributed by atoms with van der Waals surface area (Å²) in [6, 6.07) is 0.0563. The molecular weight excluding hydrogens is 362 g/mol. The molecule has 0 bridgehead atoms. The molecule has 2 aromatic heterocycles. The van der Waals surface area contributed by atoms with Gasteiger partial charge in [0.1, 0.15) is 11.3 Å². The summed E-state index contributed by atoms with van der Waals surface area (Å²) in [5.74, 6) is -0.685. The van der Waals surface area contributed by atoms with Gasteiger partial charge in [-0.25, -0.2) is 17.9 Å². The molecule has 3 rings (SSSR count). The highest BCUT2D eigenvalue weighted by molar-refractivity contribution is 7.88. The predicted octanol–water partition coefficient (Wildman–Crippen LogP) is 0.448. The van der Waals surface area contributed by atoms with Crippen molar-refractivity contribution in [2.75, 3.05) is 0 Å². The molecular formula is C15H21N5O5S. The highest BCUT2D eigenvalue weighted by Gasteiger charge is 2.30. The topological polar surface area (TPSA) is 140 Å². The Morgan fingerprint density at radius 2 is 1.96 bits per heavy atom. The quantitative estimate of drug-likeness (QED) is 0.764. The lowest BCUT2D eigenvalue weighted by molar-refractivity contribution is 0.387. The van der Waals surface area contributed by atoms with E-state index in [-0.39, 0.29) is 23.3 Å². The van der Waals surface area contributed by atoms with Crippen LogP contribution >= 0.6 is 0 Å². The summed E-state index contributed by atoms with van der Waals surface area (Å²) in [5.41, 5.74) is -1.21. The SMILES string of the molecule is Cc1c(-c2noc(CS(=O)(=O)NC(C)(C)C)n2)c(=O)[nH]c(=O)n1C1CC1. The molecule has 0 radical (unpaired) electrons. The predicted molar refractivity (Wildman–Crippen MR) is 93.1 cm³/mol. The number of aromatic amines is 1. The van der Waals surface area contributed by atoms with Gasteiger partial charge in [-0.3, -0.25) is 14.3 Å². The molecule has 0 amide bonds. The molecule has 0 spiro atoms. The normalized spacial score (nSPS) is 15.4. The standard InChI is InChI=1S/C15H21N5O5S/c1-8-11(13(21)17-14(22)20(8)9-5-6-9)12-16-10(25-18-12)7-26(23,24)19-15(2,3)4/h9,19H,5-7H2,1-4H3,(H,17,21,22). The average Bonchev–Trinajstić information content (AvgIpc) is 3.16. The maximum Gasteiger partial charge on any atom is 0.328 e. The van der Waals surface area contributed by atoms with E-state index in [0.717, 1.165) is 12.8 Å². The van der Waals surface area contributed by atoms with Crippen LogP contribution in [0.15, 0.2) is 14.1 Å². The number of aromatic nitrogens is 4. The molecule has 0 saturated heterocycles. The second-order valence-corrected chi connectivity index (χ2v) is 9.17. The lowest BCUT2D eigenvalue weighted by Crippen LogP contribution is -2.41. The van der Waals surface area contributed by atoms with E-state index in [1.165, 1.54) is 4.57 Å². The van der Waals surface area contributed by atoms with E-state index in [0.29, 0.717) is 5.69 Å². The molecule has 2 aromatic rings. The van der Waals surface area contributed by atoms with Crippen molar-refractivity contribution in [1.29, 1.82) is 0 Å². The molecule has 26 heavy (non-hydrogen) atoms. The first-order chi connectivity index (χ1) is 12.0. The van der Waals surface area contributed by atoms with E-state index in [1.54, 1.807) is 27.7 Å². The van der Waals surface area contributed by atoms with Crippen molar-refractivity contribution < 1.29 is 12.9 Å². The minimum Gasteiger partial charge on any atom is -0.338 e. The fourth-order valence-electron chi connectivity index (χ4n) is 2.77. The third-order valence-electron chi connectivity index (χ3n) is 3.77. The van der Waals surface area contributed by atoms with Crippen LogP contribution in [0.25, 0.3) is 11.4 Å². The minimum atomic E-state index is -3.69. The van der Waals surface area contributed by atoms with Crippen molar-refractivity contribution in [3.63, 3.8) is 0 Å². The monoisotopic (exact) mass is 383 g/mol. The molecule has 0 atom stereocenters. The van der Waals surface area contributed by atoms with Gasteiger partial charge in [-0.1, -0.05) is 5.16 Å². The van der Waals surface area contributed by atoms with Crippen molar-refractivity contribution >= 4 is 10.0 Å². The van der Waals surface area contributed by atoms with Gasteiger partial charge in [0, 0.05) is 17.3 Å². The van der Waals surface area contributed by atoms with Gasteiger partial charge in [-0.05, 0) is 40.5 Å². The molecule has 0 aromatic carbocycles. The van der Waals surface area contributed by atoms with Gasteiger partial charge in [-0.15, -0.1) is 0 Å². The van der Waals surface area contributed by atoms with E-state index >= 15 is 0 Å². The highest BCUT2D eigenvalue weighted by atomic mass is 32.2. The molecule has 142 valence electrons. The maximum atomic E-state index is 12.2. The van der Waals surface area contributed by atoms with Gasteiger partial charge in [0.2, 0.25) is 21.7 Å².